The summed E-state index contributed by atoms with van der Waals surface area (Å²) in [7, 11) is 0. The van der Waals surface area contributed by atoms with Gasteiger partial charge in [0.2, 0.25) is 0 Å². The lowest BCUT2D eigenvalue weighted by Crippen LogP contribution is -1.88. The van der Waals surface area contributed by atoms with Gasteiger partial charge in [-0.05, 0) is 52.1 Å². The Labute approximate surface area is 131 Å². The highest BCUT2D eigenvalue weighted by atomic mass is 14.1. The van der Waals surface area contributed by atoms with Gasteiger partial charge in [0.15, 0.2) is 0 Å². The van der Waals surface area contributed by atoms with E-state index < -0.39 is 0 Å². The summed E-state index contributed by atoms with van der Waals surface area (Å²) in [6.45, 7) is 4.37. The number of hydrogen-bond acceptors (Lipinski definition) is 0. The van der Waals surface area contributed by atoms with Crippen LogP contribution in [0.25, 0.3) is 32.7 Å². The first-order valence-corrected chi connectivity index (χ1v) is 7.72. The maximum atomic E-state index is 2.30. The van der Waals surface area contributed by atoms with Crippen LogP contribution in [-0.4, -0.2) is 0 Å². The first kappa shape index (κ1) is 13.1. The third kappa shape index (κ3) is 2.00. The molecule has 0 aliphatic rings. The van der Waals surface area contributed by atoms with Crippen molar-refractivity contribution < 1.29 is 0 Å². The Morgan fingerprint density at radius 3 is 2.23 bits per heavy atom. The molecule has 4 aromatic carbocycles. The zero-order valence-corrected chi connectivity index (χ0v) is 12.9. The van der Waals surface area contributed by atoms with Crippen LogP contribution in [0.2, 0.25) is 0 Å². The molecule has 0 aromatic heterocycles. The molecule has 0 fully saturated rings. The molecule has 106 valence electrons. The lowest BCUT2D eigenvalue weighted by Gasteiger charge is -2.14. The van der Waals surface area contributed by atoms with Crippen molar-refractivity contribution in [2.24, 2.45) is 0 Å². The van der Waals surface area contributed by atoms with E-state index in [-0.39, 0.29) is 0 Å². The van der Waals surface area contributed by atoms with Crippen LogP contribution < -0.4 is 0 Å². The fraction of sp³-hybridized carbons (Fsp3) is 0.0909. The van der Waals surface area contributed by atoms with Gasteiger partial charge in [0.25, 0.3) is 0 Å². The summed E-state index contributed by atoms with van der Waals surface area (Å²) in [5.41, 5.74) is 5.32. The molecule has 4 rings (SSSR count). The quantitative estimate of drug-likeness (QED) is 0.385. The van der Waals surface area contributed by atoms with Gasteiger partial charge < -0.3 is 0 Å². The molecular formula is C22H18. The largest absolute Gasteiger partial charge is 0.0616 e. The minimum atomic E-state index is 1.30. The molecule has 0 nitrogen and oxygen atoms in total. The molecule has 0 spiro atoms. The fourth-order valence-corrected chi connectivity index (χ4v) is 3.34. The number of benzene rings is 4. The molecule has 0 aliphatic heterocycles. The van der Waals surface area contributed by atoms with E-state index in [1.807, 2.05) is 0 Å². The second kappa shape index (κ2) is 4.99. The first-order valence-electron chi connectivity index (χ1n) is 7.72. The SMILES string of the molecule is Cc1ccc2ccc(C)c(-c3cccc4ccccc34)c2c1. The maximum absolute atomic E-state index is 2.30. The Bertz CT molecular complexity index is 983. The van der Waals surface area contributed by atoms with Gasteiger partial charge in [0.05, 0.1) is 0 Å². The Balaban J connectivity index is 2.16. The lowest BCUT2D eigenvalue weighted by molar-refractivity contribution is 1.47. The third-order valence-corrected chi connectivity index (χ3v) is 4.44. The van der Waals surface area contributed by atoms with Crippen LogP contribution in [-0.2, 0) is 0 Å². The molecule has 0 amide bonds. The number of fused-ring (bicyclic) bond motifs is 2. The van der Waals surface area contributed by atoms with Gasteiger partial charge in [0.1, 0.15) is 0 Å². The van der Waals surface area contributed by atoms with E-state index in [0.29, 0.717) is 0 Å². The molecule has 0 saturated heterocycles. The van der Waals surface area contributed by atoms with Crippen molar-refractivity contribution in [2.45, 2.75) is 13.8 Å². The van der Waals surface area contributed by atoms with E-state index in [1.165, 1.54) is 43.8 Å². The summed E-state index contributed by atoms with van der Waals surface area (Å²) < 4.78 is 0. The minimum Gasteiger partial charge on any atom is -0.0616 e. The van der Waals surface area contributed by atoms with Gasteiger partial charge in [-0.3, -0.25) is 0 Å². The highest BCUT2D eigenvalue weighted by Gasteiger charge is 2.10. The molecule has 0 aliphatic carbocycles. The maximum Gasteiger partial charge on any atom is -0.00698 e. The summed E-state index contributed by atoms with van der Waals surface area (Å²) in [5, 5.41) is 5.27. The first-order chi connectivity index (χ1) is 10.7. The standard InChI is InChI=1S/C22H18/c1-15-10-12-18-13-11-16(2)22(21(18)14-15)20-9-5-7-17-6-3-4-8-19(17)20/h3-14H,1-2H3. The summed E-state index contributed by atoms with van der Waals surface area (Å²) in [6, 6.07) is 26.4. The minimum absolute atomic E-state index is 1.30. The molecule has 0 heterocycles. The van der Waals surface area contributed by atoms with E-state index in [4.69, 9.17) is 0 Å². The van der Waals surface area contributed by atoms with Crippen LogP contribution in [0, 0.1) is 13.8 Å². The number of hydrogen-bond donors (Lipinski definition) is 0. The average Bonchev–Trinajstić information content (AvgIpc) is 2.54. The summed E-state index contributed by atoms with van der Waals surface area (Å²) in [4.78, 5) is 0. The van der Waals surface area contributed by atoms with Crippen LogP contribution in [0.4, 0.5) is 0 Å². The van der Waals surface area contributed by atoms with E-state index in [9.17, 15) is 0 Å². The van der Waals surface area contributed by atoms with Crippen molar-refractivity contribution in [1.29, 1.82) is 0 Å². The molecule has 4 aromatic rings. The fourth-order valence-electron chi connectivity index (χ4n) is 3.34. The van der Waals surface area contributed by atoms with Crippen molar-refractivity contribution >= 4 is 21.5 Å². The molecule has 0 N–H and O–H groups in total. The van der Waals surface area contributed by atoms with Gasteiger partial charge in [-0.2, -0.15) is 0 Å². The summed E-state index contributed by atoms with van der Waals surface area (Å²) in [6.07, 6.45) is 0. The monoisotopic (exact) mass is 282 g/mol. The van der Waals surface area contributed by atoms with Crippen molar-refractivity contribution in [3.05, 3.63) is 83.9 Å². The van der Waals surface area contributed by atoms with Crippen molar-refractivity contribution in [3.63, 3.8) is 0 Å². The van der Waals surface area contributed by atoms with Gasteiger partial charge in [-0.15, -0.1) is 0 Å². The van der Waals surface area contributed by atoms with Crippen molar-refractivity contribution in [1.82, 2.24) is 0 Å². The van der Waals surface area contributed by atoms with Gasteiger partial charge in [-0.1, -0.05) is 78.4 Å². The van der Waals surface area contributed by atoms with Gasteiger partial charge >= 0.3 is 0 Å². The van der Waals surface area contributed by atoms with Crippen LogP contribution in [0.1, 0.15) is 11.1 Å². The van der Waals surface area contributed by atoms with E-state index in [0.717, 1.165) is 0 Å². The molecule has 0 atom stereocenters. The van der Waals surface area contributed by atoms with Crippen LogP contribution >= 0.6 is 0 Å². The Morgan fingerprint density at radius 1 is 0.591 bits per heavy atom. The van der Waals surface area contributed by atoms with Crippen molar-refractivity contribution in [2.75, 3.05) is 0 Å². The average molecular weight is 282 g/mol. The van der Waals surface area contributed by atoms with Gasteiger partial charge in [0, 0.05) is 0 Å². The Hall–Kier alpha value is -2.60. The lowest BCUT2D eigenvalue weighted by atomic mass is 9.90. The second-order valence-corrected chi connectivity index (χ2v) is 6.01. The normalized spacial score (nSPS) is 11.2. The highest BCUT2D eigenvalue weighted by molar-refractivity contribution is 6.06. The molecule has 0 heteroatoms. The smallest absolute Gasteiger partial charge is 0.00698 e. The molecule has 22 heavy (non-hydrogen) atoms. The topological polar surface area (TPSA) is 0 Å². The van der Waals surface area contributed by atoms with Gasteiger partial charge in [-0.25, -0.2) is 0 Å². The van der Waals surface area contributed by atoms with Crippen LogP contribution in [0.3, 0.4) is 0 Å². The molecule has 0 unspecified atom stereocenters. The Kier molecular flexibility index (Phi) is 2.97. The molecule has 0 radical (unpaired) electrons. The summed E-state index contributed by atoms with van der Waals surface area (Å²) >= 11 is 0. The van der Waals surface area contributed by atoms with E-state index in [2.05, 4.69) is 86.6 Å². The molecule has 0 saturated carbocycles. The van der Waals surface area contributed by atoms with Crippen molar-refractivity contribution in [3.8, 4) is 11.1 Å². The third-order valence-electron chi connectivity index (χ3n) is 4.44. The Morgan fingerprint density at radius 2 is 1.32 bits per heavy atom. The van der Waals surface area contributed by atoms with E-state index >= 15 is 0 Å². The summed E-state index contributed by atoms with van der Waals surface area (Å²) in [5.74, 6) is 0. The van der Waals surface area contributed by atoms with Crippen LogP contribution in [0.5, 0.6) is 0 Å². The number of rotatable bonds is 1. The second-order valence-electron chi connectivity index (χ2n) is 6.01. The van der Waals surface area contributed by atoms with Crippen LogP contribution in [0.15, 0.2) is 72.8 Å². The van der Waals surface area contributed by atoms with E-state index in [1.54, 1.807) is 0 Å². The molecular weight excluding hydrogens is 264 g/mol. The molecule has 0 bridgehead atoms. The predicted octanol–water partition coefficient (Wildman–Crippen LogP) is 6.28. The predicted molar refractivity (Wildman–Crippen MR) is 96.4 cm³/mol. The highest BCUT2D eigenvalue weighted by Crippen LogP contribution is 2.36. The zero-order valence-electron chi connectivity index (χ0n) is 12.9. The zero-order chi connectivity index (χ0) is 15.1. The number of aryl methyl sites for hydroxylation is 2.